The van der Waals surface area contributed by atoms with Gasteiger partial charge >= 0.3 is 0 Å². The third-order valence-electron chi connectivity index (χ3n) is 1.37. The van der Waals surface area contributed by atoms with Gasteiger partial charge < -0.3 is 10.2 Å². The lowest BCUT2D eigenvalue weighted by molar-refractivity contribution is 0.0463. The summed E-state index contributed by atoms with van der Waals surface area (Å²) in [5.74, 6) is 0. The smallest absolute Gasteiger partial charge is 0.0654 e. The second-order valence-electron chi connectivity index (χ2n) is 2.74. The zero-order valence-corrected chi connectivity index (χ0v) is 9.21. The van der Waals surface area contributed by atoms with Crippen LogP contribution in [0.15, 0.2) is 30.3 Å². The van der Waals surface area contributed by atoms with Crippen LogP contribution in [-0.2, 0) is 11.4 Å². The van der Waals surface area contributed by atoms with Gasteiger partial charge in [0, 0.05) is 6.54 Å². The predicted molar refractivity (Wildman–Crippen MR) is 59.9 cm³/mol. The molecule has 0 heterocycles. The number of hydroxylamine groups is 1. The molecule has 0 spiro atoms. The molecule has 0 bridgehead atoms. The molecule has 1 rings (SSSR count). The molecule has 0 saturated heterocycles. The Morgan fingerprint density at radius 2 is 1.71 bits per heavy atom. The van der Waals surface area contributed by atoms with Crippen LogP contribution in [0, 0.1) is 0 Å². The van der Waals surface area contributed by atoms with Gasteiger partial charge in [-0.3, -0.25) is 0 Å². The minimum atomic E-state index is 0.701. The summed E-state index contributed by atoms with van der Waals surface area (Å²) in [5.41, 5.74) is 4.09. The lowest BCUT2D eigenvalue weighted by atomic mass is 10.2. The first kappa shape index (κ1) is 13.1. The average molecular weight is 196 g/mol. The molecule has 0 aliphatic carbocycles. The topological polar surface area (TPSA) is 33.3 Å². The van der Waals surface area contributed by atoms with Crippen LogP contribution in [0.4, 0.5) is 0 Å². The third-order valence-corrected chi connectivity index (χ3v) is 1.37. The van der Waals surface area contributed by atoms with E-state index in [4.69, 9.17) is 4.84 Å². The maximum absolute atomic E-state index is 4.99. The first-order valence-corrected chi connectivity index (χ1v) is 4.82. The van der Waals surface area contributed by atoms with Crippen LogP contribution in [0.2, 0.25) is 0 Å². The Balaban J connectivity index is 0.000000500. The predicted octanol–water partition coefficient (Wildman–Crippen LogP) is 1.56. The van der Waals surface area contributed by atoms with Gasteiger partial charge in [-0.2, -0.15) is 5.48 Å². The second kappa shape index (κ2) is 10.2. The van der Waals surface area contributed by atoms with Crippen LogP contribution in [0.1, 0.15) is 12.5 Å². The van der Waals surface area contributed by atoms with Gasteiger partial charge in [-0.05, 0) is 26.6 Å². The lowest BCUT2D eigenvalue weighted by Crippen LogP contribution is -2.13. The van der Waals surface area contributed by atoms with Crippen molar-refractivity contribution < 1.29 is 4.84 Å². The van der Waals surface area contributed by atoms with Gasteiger partial charge in [0.15, 0.2) is 0 Å². The summed E-state index contributed by atoms with van der Waals surface area (Å²) in [7, 11) is 3.75. The Labute approximate surface area is 86.4 Å². The monoisotopic (exact) mass is 196 g/mol. The Morgan fingerprint density at radius 1 is 1.14 bits per heavy atom. The van der Waals surface area contributed by atoms with Crippen molar-refractivity contribution in [2.45, 2.75) is 13.5 Å². The molecule has 0 radical (unpaired) electrons. The van der Waals surface area contributed by atoms with Crippen molar-refractivity contribution in [1.82, 2.24) is 10.8 Å². The van der Waals surface area contributed by atoms with Crippen LogP contribution >= 0.6 is 0 Å². The summed E-state index contributed by atoms with van der Waals surface area (Å²) in [6, 6.07) is 10.2. The third kappa shape index (κ3) is 7.73. The van der Waals surface area contributed by atoms with E-state index in [-0.39, 0.29) is 0 Å². The molecule has 1 aromatic carbocycles. The largest absolute Gasteiger partial charge is 0.323 e. The number of hydrogen-bond donors (Lipinski definition) is 2. The molecule has 0 atom stereocenters. The summed E-state index contributed by atoms with van der Waals surface area (Å²) >= 11 is 0. The van der Waals surface area contributed by atoms with Crippen molar-refractivity contribution in [1.29, 1.82) is 0 Å². The zero-order valence-electron chi connectivity index (χ0n) is 9.21. The summed E-state index contributed by atoms with van der Waals surface area (Å²) in [6.07, 6.45) is 0. The molecule has 0 aliphatic heterocycles. The van der Waals surface area contributed by atoms with Crippen molar-refractivity contribution in [2.24, 2.45) is 0 Å². The fourth-order valence-electron chi connectivity index (χ4n) is 0.832. The summed E-state index contributed by atoms with van der Waals surface area (Å²) < 4.78 is 0. The molecule has 14 heavy (non-hydrogen) atoms. The van der Waals surface area contributed by atoms with E-state index in [0.717, 1.165) is 6.54 Å². The summed E-state index contributed by atoms with van der Waals surface area (Å²) in [4.78, 5) is 4.99. The summed E-state index contributed by atoms with van der Waals surface area (Å²) in [6.45, 7) is 3.43. The molecule has 1 aromatic rings. The number of hydrogen-bond acceptors (Lipinski definition) is 3. The van der Waals surface area contributed by atoms with E-state index < -0.39 is 0 Å². The minimum absolute atomic E-state index is 0.701. The van der Waals surface area contributed by atoms with Crippen molar-refractivity contribution in [3.8, 4) is 0 Å². The number of rotatable bonds is 4. The van der Waals surface area contributed by atoms with E-state index in [1.54, 1.807) is 0 Å². The quantitative estimate of drug-likeness (QED) is 0.566. The molecular formula is C11H20N2O. The van der Waals surface area contributed by atoms with E-state index in [0.29, 0.717) is 6.61 Å². The highest BCUT2D eigenvalue weighted by Gasteiger charge is 1.87. The Morgan fingerprint density at radius 3 is 2.21 bits per heavy atom. The molecule has 80 valence electrons. The van der Waals surface area contributed by atoms with E-state index in [2.05, 4.69) is 22.9 Å². The van der Waals surface area contributed by atoms with Gasteiger partial charge in [-0.25, -0.2) is 0 Å². The van der Waals surface area contributed by atoms with Gasteiger partial charge in [0.25, 0.3) is 0 Å². The fraction of sp³-hybridized carbons (Fsp3) is 0.455. The Hall–Kier alpha value is -0.900. The Kier molecular flexibility index (Phi) is 9.53. The highest BCUT2D eigenvalue weighted by atomic mass is 16.6. The molecule has 2 N–H and O–H groups in total. The van der Waals surface area contributed by atoms with Crippen molar-refractivity contribution in [2.75, 3.05) is 20.7 Å². The second-order valence-corrected chi connectivity index (χ2v) is 2.74. The van der Waals surface area contributed by atoms with Crippen molar-refractivity contribution in [3.05, 3.63) is 35.9 Å². The number of benzene rings is 1. The van der Waals surface area contributed by atoms with Crippen LogP contribution in [0.25, 0.3) is 0 Å². The first-order chi connectivity index (χ1) is 6.85. The van der Waals surface area contributed by atoms with Gasteiger partial charge in [0.1, 0.15) is 0 Å². The molecule has 0 aliphatic rings. The van der Waals surface area contributed by atoms with E-state index in [9.17, 15) is 0 Å². The molecule has 0 saturated carbocycles. The average Bonchev–Trinajstić information content (AvgIpc) is 2.21. The molecule has 0 unspecified atom stereocenters. The maximum Gasteiger partial charge on any atom is 0.0654 e. The Bertz CT molecular complexity index is 202. The molecule has 0 aromatic heterocycles. The van der Waals surface area contributed by atoms with Gasteiger partial charge in [-0.1, -0.05) is 30.3 Å². The van der Waals surface area contributed by atoms with Gasteiger partial charge in [0.2, 0.25) is 0 Å². The van der Waals surface area contributed by atoms with Crippen LogP contribution in [0.5, 0.6) is 0 Å². The first-order valence-electron chi connectivity index (χ1n) is 4.82. The van der Waals surface area contributed by atoms with Gasteiger partial charge in [0.05, 0.1) is 6.61 Å². The molecule has 0 amide bonds. The maximum atomic E-state index is 4.99. The van der Waals surface area contributed by atoms with Crippen molar-refractivity contribution >= 4 is 0 Å². The SMILES string of the molecule is CCONCc1ccccc1.CNC. The standard InChI is InChI=1S/C9H13NO.C2H7N/c1-2-11-10-8-9-6-4-3-5-7-9;1-3-2/h3-7,10H,2,8H2,1H3;3H,1-2H3. The van der Waals surface area contributed by atoms with E-state index in [1.165, 1.54) is 5.56 Å². The molecular weight excluding hydrogens is 176 g/mol. The van der Waals surface area contributed by atoms with Gasteiger partial charge in [-0.15, -0.1) is 0 Å². The van der Waals surface area contributed by atoms with Crippen LogP contribution in [0.3, 0.4) is 0 Å². The normalized spacial score (nSPS) is 9.07. The van der Waals surface area contributed by atoms with Crippen molar-refractivity contribution in [3.63, 3.8) is 0 Å². The highest BCUT2D eigenvalue weighted by molar-refractivity contribution is 5.13. The van der Waals surface area contributed by atoms with Crippen LogP contribution in [-0.4, -0.2) is 20.7 Å². The molecule has 3 heteroatoms. The summed E-state index contributed by atoms with van der Waals surface area (Å²) in [5, 5.41) is 2.75. The van der Waals surface area contributed by atoms with E-state index in [1.807, 2.05) is 39.2 Å². The number of nitrogens with one attached hydrogen (secondary N) is 2. The van der Waals surface area contributed by atoms with E-state index >= 15 is 0 Å². The molecule has 0 fully saturated rings. The minimum Gasteiger partial charge on any atom is -0.323 e. The zero-order chi connectivity index (χ0) is 10.6. The molecule has 3 nitrogen and oxygen atoms in total. The highest BCUT2D eigenvalue weighted by Crippen LogP contribution is 1.96. The fourth-order valence-corrected chi connectivity index (χ4v) is 0.832. The lowest BCUT2D eigenvalue weighted by Gasteiger charge is -2.02. The van der Waals surface area contributed by atoms with Crippen LogP contribution < -0.4 is 10.8 Å².